The van der Waals surface area contributed by atoms with E-state index in [1.165, 1.54) is 16.1 Å². The first-order valence-corrected chi connectivity index (χ1v) is 8.62. The molecule has 4 nitrogen and oxygen atoms in total. The summed E-state index contributed by atoms with van der Waals surface area (Å²) < 4.78 is 0. The standard InChI is InChI=1S/C17H24N4S/c1-19(2)12-16-10-14(13-22-16)17-11-15(4-5-18-17)21-8-6-20(3)7-9-21/h4-5,10-11,13H,6-9,12H2,1-3H3. The lowest BCUT2D eigenvalue weighted by molar-refractivity contribution is 0.313. The van der Waals surface area contributed by atoms with Gasteiger partial charge in [-0.1, -0.05) is 0 Å². The van der Waals surface area contributed by atoms with Crippen LogP contribution in [-0.4, -0.2) is 62.1 Å². The fourth-order valence-corrected chi connectivity index (χ4v) is 3.74. The van der Waals surface area contributed by atoms with Crippen molar-refractivity contribution in [1.29, 1.82) is 0 Å². The first-order valence-electron chi connectivity index (χ1n) is 7.74. The van der Waals surface area contributed by atoms with Gasteiger partial charge in [-0.25, -0.2) is 0 Å². The van der Waals surface area contributed by atoms with Crippen LogP contribution in [0.3, 0.4) is 0 Å². The van der Waals surface area contributed by atoms with Crippen LogP contribution in [0.2, 0.25) is 0 Å². The molecule has 0 aliphatic carbocycles. The predicted octanol–water partition coefficient (Wildman–Crippen LogP) is 2.62. The summed E-state index contributed by atoms with van der Waals surface area (Å²) in [6, 6.07) is 6.62. The second kappa shape index (κ2) is 6.77. The molecule has 3 rings (SSSR count). The largest absolute Gasteiger partial charge is 0.369 e. The summed E-state index contributed by atoms with van der Waals surface area (Å²) in [5, 5.41) is 2.22. The number of pyridine rings is 1. The Kier molecular flexibility index (Phi) is 4.76. The number of aromatic nitrogens is 1. The van der Waals surface area contributed by atoms with Crippen molar-refractivity contribution in [1.82, 2.24) is 14.8 Å². The maximum Gasteiger partial charge on any atom is 0.0731 e. The number of anilines is 1. The van der Waals surface area contributed by atoms with Crippen molar-refractivity contribution in [3.8, 4) is 11.3 Å². The quantitative estimate of drug-likeness (QED) is 0.865. The van der Waals surface area contributed by atoms with Crippen LogP contribution >= 0.6 is 11.3 Å². The molecule has 118 valence electrons. The van der Waals surface area contributed by atoms with Gasteiger partial charge in [0.05, 0.1) is 5.69 Å². The first kappa shape index (κ1) is 15.5. The third-order valence-corrected chi connectivity index (χ3v) is 4.96. The second-order valence-corrected chi connectivity index (χ2v) is 7.22. The van der Waals surface area contributed by atoms with Gasteiger partial charge in [0.2, 0.25) is 0 Å². The molecule has 1 fully saturated rings. The number of nitrogens with zero attached hydrogens (tertiary/aromatic N) is 4. The number of rotatable bonds is 4. The maximum absolute atomic E-state index is 4.57. The van der Waals surface area contributed by atoms with E-state index in [1.54, 1.807) is 0 Å². The summed E-state index contributed by atoms with van der Waals surface area (Å²) in [7, 11) is 6.39. The zero-order valence-electron chi connectivity index (χ0n) is 13.6. The zero-order valence-corrected chi connectivity index (χ0v) is 14.4. The number of hydrogen-bond acceptors (Lipinski definition) is 5. The Morgan fingerprint density at radius 1 is 1.18 bits per heavy atom. The summed E-state index contributed by atoms with van der Waals surface area (Å²) in [5.41, 5.74) is 3.61. The van der Waals surface area contributed by atoms with E-state index < -0.39 is 0 Å². The smallest absolute Gasteiger partial charge is 0.0731 e. The molecule has 0 saturated carbocycles. The van der Waals surface area contributed by atoms with Crippen LogP contribution in [0.4, 0.5) is 5.69 Å². The Morgan fingerprint density at radius 3 is 2.68 bits per heavy atom. The van der Waals surface area contributed by atoms with Gasteiger partial charge in [-0.3, -0.25) is 4.98 Å². The summed E-state index contributed by atoms with van der Waals surface area (Å²) in [6.07, 6.45) is 1.94. The van der Waals surface area contributed by atoms with Gasteiger partial charge < -0.3 is 14.7 Å². The normalized spacial score (nSPS) is 16.5. The third kappa shape index (κ3) is 3.66. The van der Waals surface area contributed by atoms with Crippen molar-refractivity contribution >= 4 is 17.0 Å². The molecule has 0 unspecified atom stereocenters. The molecule has 2 aromatic heterocycles. The van der Waals surface area contributed by atoms with Gasteiger partial charge in [-0.2, -0.15) is 0 Å². The molecule has 0 amide bonds. The maximum atomic E-state index is 4.57. The molecule has 0 atom stereocenters. The number of hydrogen-bond donors (Lipinski definition) is 0. The predicted molar refractivity (Wildman–Crippen MR) is 94.7 cm³/mol. The van der Waals surface area contributed by atoms with E-state index in [0.717, 1.165) is 38.4 Å². The number of piperazine rings is 1. The summed E-state index contributed by atoms with van der Waals surface area (Å²) >= 11 is 1.81. The van der Waals surface area contributed by atoms with Crippen LogP contribution < -0.4 is 4.90 Å². The monoisotopic (exact) mass is 316 g/mol. The molecule has 0 radical (unpaired) electrons. The highest BCUT2D eigenvalue weighted by Gasteiger charge is 2.15. The van der Waals surface area contributed by atoms with Crippen LogP contribution in [0.25, 0.3) is 11.3 Å². The minimum Gasteiger partial charge on any atom is -0.369 e. The molecule has 22 heavy (non-hydrogen) atoms. The lowest BCUT2D eigenvalue weighted by Gasteiger charge is -2.34. The van der Waals surface area contributed by atoms with Crippen LogP contribution in [0.15, 0.2) is 29.8 Å². The Hall–Kier alpha value is -1.43. The molecule has 3 heterocycles. The molecular formula is C17H24N4S. The van der Waals surface area contributed by atoms with Crippen molar-refractivity contribution in [2.24, 2.45) is 0 Å². The molecule has 0 spiro atoms. The summed E-state index contributed by atoms with van der Waals surface area (Å²) in [5.74, 6) is 0. The molecule has 1 aliphatic heterocycles. The molecule has 0 bridgehead atoms. The van der Waals surface area contributed by atoms with E-state index in [9.17, 15) is 0 Å². The van der Waals surface area contributed by atoms with Crippen molar-refractivity contribution in [3.05, 3.63) is 34.7 Å². The van der Waals surface area contributed by atoms with Gasteiger partial charge in [-0.15, -0.1) is 11.3 Å². The average molecular weight is 316 g/mol. The van der Waals surface area contributed by atoms with Gasteiger partial charge in [0.1, 0.15) is 0 Å². The molecule has 5 heteroatoms. The fourth-order valence-electron chi connectivity index (χ4n) is 2.75. The van der Waals surface area contributed by atoms with E-state index in [1.807, 2.05) is 17.5 Å². The van der Waals surface area contributed by atoms with E-state index in [2.05, 4.69) is 64.4 Å². The van der Waals surface area contributed by atoms with Gasteiger partial charge >= 0.3 is 0 Å². The van der Waals surface area contributed by atoms with Crippen LogP contribution in [0.1, 0.15) is 4.88 Å². The van der Waals surface area contributed by atoms with Crippen molar-refractivity contribution in [2.75, 3.05) is 52.2 Å². The van der Waals surface area contributed by atoms with Crippen LogP contribution in [-0.2, 0) is 6.54 Å². The molecular weight excluding hydrogens is 292 g/mol. The Labute approximate surface area is 137 Å². The zero-order chi connectivity index (χ0) is 15.5. The van der Waals surface area contributed by atoms with Gasteiger partial charge in [-0.05, 0) is 39.3 Å². The SMILES string of the molecule is CN(C)Cc1cc(-c2cc(N3CCN(C)CC3)ccn2)cs1. The fraction of sp³-hybridized carbons (Fsp3) is 0.471. The molecule has 1 saturated heterocycles. The second-order valence-electron chi connectivity index (χ2n) is 6.23. The first-order chi connectivity index (χ1) is 10.6. The highest BCUT2D eigenvalue weighted by molar-refractivity contribution is 7.10. The Bertz CT molecular complexity index is 615. The molecule has 0 N–H and O–H groups in total. The van der Waals surface area contributed by atoms with Crippen LogP contribution in [0.5, 0.6) is 0 Å². The Morgan fingerprint density at radius 2 is 1.95 bits per heavy atom. The van der Waals surface area contributed by atoms with Crippen molar-refractivity contribution < 1.29 is 0 Å². The van der Waals surface area contributed by atoms with Crippen LogP contribution in [0, 0.1) is 0 Å². The third-order valence-electron chi connectivity index (χ3n) is 4.03. The molecule has 2 aromatic rings. The minimum absolute atomic E-state index is 0.989. The number of likely N-dealkylation sites (N-methyl/N-ethyl adjacent to an activating group) is 1. The van der Waals surface area contributed by atoms with E-state index in [0.29, 0.717) is 0 Å². The summed E-state index contributed by atoms with van der Waals surface area (Å²) in [6.45, 7) is 5.43. The Balaban J connectivity index is 1.77. The van der Waals surface area contributed by atoms with E-state index in [-0.39, 0.29) is 0 Å². The average Bonchev–Trinajstić information content (AvgIpc) is 2.96. The highest BCUT2D eigenvalue weighted by Crippen LogP contribution is 2.27. The lowest BCUT2D eigenvalue weighted by Crippen LogP contribution is -2.44. The molecule has 1 aliphatic rings. The highest BCUT2D eigenvalue weighted by atomic mass is 32.1. The topological polar surface area (TPSA) is 22.6 Å². The lowest BCUT2D eigenvalue weighted by atomic mass is 10.2. The van der Waals surface area contributed by atoms with E-state index in [4.69, 9.17) is 0 Å². The van der Waals surface area contributed by atoms with Gasteiger partial charge in [0.25, 0.3) is 0 Å². The van der Waals surface area contributed by atoms with E-state index >= 15 is 0 Å². The van der Waals surface area contributed by atoms with Gasteiger partial charge in [0.15, 0.2) is 0 Å². The summed E-state index contributed by atoms with van der Waals surface area (Å²) in [4.78, 5) is 13.0. The number of thiophene rings is 1. The van der Waals surface area contributed by atoms with Gasteiger partial charge in [0, 0.05) is 60.4 Å². The van der Waals surface area contributed by atoms with Crippen molar-refractivity contribution in [2.45, 2.75) is 6.54 Å². The minimum atomic E-state index is 0.989. The molecule has 0 aromatic carbocycles. The van der Waals surface area contributed by atoms with Crippen molar-refractivity contribution in [3.63, 3.8) is 0 Å².